The standard InChI is InChI=1S/C14H14BrClN2O/c1-9(2)12-13(16)17-8-18-14(12)19-7-10-4-3-5-11(15)6-10/h3-6,8-9H,7H2,1-2H3. The molecule has 5 heteroatoms. The first-order valence-corrected chi connectivity index (χ1v) is 7.12. The summed E-state index contributed by atoms with van der Waals surface area (Å²) in [5, 5.41) is 0.453. The van der Waals surface area contributed by atoms with Crippen molar-refractivity contribution in [2.45, 2.75) is 26.4 Å². The molecule has 0 unspecified atom stereocenters. The Labute approximate surface area is 126 Å². The highest BCUT2D eigenvalue weighted by molar-refractivity contribution is 9.10. The Morgan fingerprint density at radius 1 is 1.32 bits per heavy atom. The fourth-order valence-electron chi connectivity index (χ4n) is 1.74. The molecular weight excluding hydrogens is 328 g/mol. The highest BCUT2D eigenvalue weighted by atomic mass is 79.9. The van der Waals surface area contributed by atoms with Gasteiger partial charge in [0.2, 0.25) is 5.88 Å². The summed E-state index contributed by atoms with van der Waals surface area (Å²) in [5.74, 6) is 0.765. The lowest BCUT2D eigenvalue weighted by Gasteiger charge is -2.13. The number of hydrogen-bond acceptors (Lipinski definition) is 3. The lowest BCUT2D eigenvalue weighted by atomic mass is 10.1. The van der Waals surface area contributed by atoms with Crippen molar-refractivity contribution in [2.24, 2.45) is 0 Å². The van der Waals surface area contributed by atoms with Gasteiger partial charge in [-0.1, -0.05) is 53.5 Å². The van der Waals surface area contributed by atoms with Crippen LogP contribution in [0.3, 0.4) is 0 Å². The normalized spacial score (nSPS) is 10.8. The van der Waals surface area contributed by atoms with Crippen LogP contribution in [-0.4, -0.2) is 9.97 Å². The van der Waals surface area contributed by atoms with Crippen LogP contribution < -0.4 is 4.74 Å². The quantitative estimate of drug-likeness (QED) is 0.763. The van der Waals surface area contributed by atoms with E-state index in [-0.39, 0.29) is 5.92 Å². The minimum absolute atomic E-state index is 0.214. The SMILES string of the molecule is CC(C)c1c(Cl)ncnc1OCc1cccc(Br)c1. The molecule has 0 radical (unpaired) electrons. The van der Waals surface area contributed by atoms with Crippen molar-refractivity contribution < 1.29 is 4.74 Å². The van der Waals surface area contributed by atoms with E-state index in [4.69, 9.17) is 16.3 Å². The van der Waals surface area contributed by atoms with E-state index in [1.54, 1.807) is 0 Å². The van der Waals surface area contributed by atoms with E-state index in [9.17, 15) is 0 Å². The van der Waals surface area contributed by atoms with Crippen LogP contribution in [0.1, 0.15) is 30.9 Å². The highest BCUT2D eigenvalue weighted by Gasteiger charge is 2.14. The second-order valence-electron chi connectivity index (χ2n) is 4.46. The largest absolute Gasteiger partial charge is 0.472 e. The summed E-state index contributed by atoms with van der Waals surface area (Å²) >= 11 is 9.53. The van der Waals surface area contributed by atoms with Crippen LogP contribution in [0.4, 0.5) is 0 Å². The van der Waals surface area contributed by atoms with Crippen molar-refractivity contribution in [1.82, 2.24) is 9.97 Å². The second-order valence-corrected chi connectivity index (χ2v) is 5.73. The molecule has 1 aromatic heterocycles. The number of benzene rings is 1. The highest BCUT2D eigenvalue weighted by Crippen LogP contribution is 2.30. The molecule has 1 heterocycles. The van der Waals surface area contributed by atoms with Gasteiger partial charge >= 0.3 is 0 Å². The lowest BCUT2D eigenvalue weighted by molar-refractivity contribution is 0.288. The number of ether oxygens (including phenoxy) is 1. The Kier molecular flexibility index (Phi) is 4.77. The summed E-state index contributed by atoms with van der Waals surface area (Å²) in [6.07, 6.45) is 1.42. The average molecular weight is 342 g/mol. The Balaban J connectivity index is 2.18. The van der Waals surface area contributed by atoms with Crippen molar-refractivity contribution in [3.8, 4) is 5.88 Å². The minimum atomic E-state index is 0.214. The van der Waals surface area contributed by atoms with E-state index in [1.165, 1.54) is 6.33 Å². The van der Waals surface area contributed by atoms with E-state index < -0.39 is 0 Å². The fourth-order valence-corrected chi connectivity index (χ4v) is 2.53. The van der Waals surface area contributed by atoms with Crippen LogP contribution in [0.25, 0.3) is 0 Å². The molecule has 0 aliphatic rings. The van der Waals surface area contributed by atoms with Gasteiger partial charge in [-0.15, -0.1) is 0 Å². The molecule has 0 spiro atoms. The molecule has 0 bridgehead atoms. The number of halogens is 2. The van der Waals surface area contributed by atoms with E-state index >= 15 is 0 Å². The summed E-state index contributed by atoms with van der Waals surface area (Å²) < 4.78 is 6.79. The maximum atomic E-state index is 6.09. The smallest absolute Gasteiger partial charge is 0.221 e. The lowest BCUT2D eigenvalue weighted by Crippen LogP contribution is -2.03. The van der Waals surface area contributed by atoms with Gasteiger partial charge in [0, 0.05) is 4.47 Å². The van der Waals surface area contributed by atoms with Crippen molar-refractivity contribution in [1.29, 1.82) is 0 Å². The van der Waals surface area contributed by atoms with Gasteiger partial charge in [-0.05, 0) is 23.6 Å². The number of rotatable bonds is 4. The van der Waals surface area contributed by atoms with Gasteiger partial charge in [0.25, 0.3) is 0 Å². The van der Waals surface area contributed by atoms with Gasteiger partial charge in [0.05, 0.1) is 5.56 Å². The van der Waals surface area contributed by atoms with Crippen LogP contribution >= 0.6 is 27.5 Å². The van der Waals surface area contributed by atoms with E-state index in [0.29, 0.717) is 17.6 Å². The van der Waals surface area contributed by atoms with Gasteiger partial charge in [0.15, 0.2) is 0 Å². The summed E-state index contributed by atoms with van der Waals surface area (Å²) in [5.41, 5.74) is 1.91. The summed E-state index contributed by atoms with van der Waals surface area (Å²) in [7, 11) is 0. The topological polar surface area (TPSA) is 35.0 Å². The fraction of sp³-hybridized carbons (Fsp3) is 0.286. The number of nitrogens with zero attached hydrogens (tertiary/aromatic N) is 2. The molecule has 0 atom stereocenters. The Hall–Kier alpha value is -1.13. The third-order valence-corrected chi connectivity index (χ3v) is 3.44. The summed E-state index contributed by atoms with van der Waals surface area (Å²) in [6.45, 7) is 4.53. The first-order valence-electron chi connectivity index (χ1n) is 5.95. The molecule has 3 nitrogen and oxygen atoms in total. The van der Waals surface area contributed by atoms with Crippen LogP contribution in [-0.2, 0) is 6.61 Å². The van der Waals surface area contributed by atoms with Crippen LogP contribution in [0.5, 0.6) is 5.88 Å². The minimum Gasteiger partial charge on any atom is -0.472 e. The van der Waals surface area contributed by atoms with Gasteiger partial charge in [-0.3, -0.25) is 0 Å². The van der Waals surface area contributed by atoms with E-state index in [0.717, 1.165) is 15.6 Å². The molecule has 0 fully saturated rings. The van der Waals surface area contributed by atoms with Gasteiger partial charge < -0.3 is 4.74 Å². The van der Waals surface area contributed by atoms with Crippen molar-refractivity contribution in [3.05, 3.63) is 51.3 Å². The molecule has 100 valence electrons. The van der Waals surface area contributed by atoms with Crippen molar-refractivity contribution >= 4 is 27.5 Å². The first kappa shape index (κ1) is 14.3. The van der Waals surface area contributed by atoms with E-state index in [1.807, 2.05) is 38.1 Å². The number of aromatic nitrogens is 2. The van der Waals surface area contributed by atoms with Crippen LogP contribution in [0, 0.1) is 0 Å². The van der Waals surface area contributed by atoms with Crippen LogP contribution in [0.2, 0.25) is 5.15 Å². The average Bonchev–Trinajstić information content (AvgIpc) is 2.36. The Morgan fingerprint density at radius 3 is 2.79 bits per heavy atom. The van der Waals surface area contributed by atoms with Gasteiger partial charge in [0.1, 0.15) is 18.1 Å². The maximum Gasteiger partial charge on any atom is 0.221 e. The first-order chi connectivity index (χ1) is 9.08. The number of hydrogen-bond donors (Lipinski definition) is 0. The summed E-state index contributed by atoms with van der Waals surface area (Å²) in [6, 6.07) is 7.96. The third-order valence-electron chi connectivity index (χ3n) is 2.64. The van der Waals surface area contributed by atoms with Crippen LogP contribution in [0.15, 0.2) is 35.1 Å². The van der Waals surface area contributed by atoms with E-state index in [2.05, 4.69) is 25.9 Å². The zero-order chi connectivity index (χ0) is 13.8. The molecule has 0 aliphatic heterocycles. The van der Waals surface area contributed by atoms with Gasteiger partial charge in [-0.25, -0.2) is 9.97 Å². The molecule has 2 aromatic rings. The molecule has 19 heavy (non-hydrogen) atoms. The second kappa shape index (κ2) is 6.35. The molecule has 0 N–H and O–H groups in total. The zero-order valence-electron chi connectivity index (χ0n) is 10.7. The third kappa shape index (κ3) is 3.67. The predicted molar refractivity (Wildman–Crippen MR) is 79.6 cm³/mol. The summed E-state index contributed by atoms with van der Waals surface area (Å²) in [4.78, 5) is 8.17. The molecular formula is C14H14BrClN2O. The molecule has 2 rings (SSSR count). The maximum absolute atomic E-state index is 6.09. The van der Waals surface area contributed by atoms with Crippen molar-refractivity contribution in [2.75, 3.05) is 0 Å². The van der Waals surface area contributed by atoms with Gasteiger partial charge in [-0.2, -0.15) is 0 Å². The monoisotopic (exact) mass is 340 g/mol. The predicted octanol–water partition coefficient (Wildman–Crippen LogP) is 4.59. The molecule has 1 aromatic carbocycles. The molecule has 0 saturated heterocycles. The molecule has 0 saturated carbocycles. The Bertz CT molecular complexity index is 575. The van der Waals surface area contributed by atoms with Crippen molar-refractivity contribution in [3.63, 3.8) is 0 Å². The zero-order valence-corrected chi connectivity index (χ0v) is 13.1. The Morgan fingerprint density at radius 2 is 2.11 bits per heavy atom. The molecule has 0 amide bonds. The molecule has 0 aliphatic carbocycles.